The average molecular weight is 400 g/mol. The summed E-state index contributed by atoms with van der Waals surface area (Å²) >= 11 is 0. The van der Waals surface area contributed by atoms with Gasteiger partial charge in [-0.25, -0.2) is 0 Å². The summed E-state index contributed by atoms with van der Waals surface area (Å²) in [6.45, 7) is 14.6. The largest absolute Gasteiger partial charge is 0.336 e. The topological polar surface area (TPSA) is 17.1 Å². The van der Waals surface area contributed by atoms with Gasteiger partial charge in [0.25, 0.3) is 0 Å². The van der Waals surface area contributed by atoms with Crippen molar-refractivity contribution in [2.24, 2.45) is 5.41 Å². The van der Waals surface area contributed by atoms with E-state index in [1.54, 1.807) is 6.08 Å². The van der Waals surface area contributed by atoms with Crippen molar-refractivity contribution in [3.05, 3.63) is 65.7 Å². The number of ketones is 1. The van der Waals surface area contributed by atoms with Crippen LogP contribution in [-0.2, 0) is 37.5 Å². The minimum atomic E-state index is 0. The molecule has 0 atom stereocenters. The summed E-state index contributed by atoms with van der Waals surface area (Å²) in [5, 5.41) is 0. The molecule has 0 aromatic carbocycles. The Morgan fingerprint density at radius 1 is 1.21 bits per heavy atom. The van der Waals surface area contributed by atoms with Gasteiger partial charge in [0.15, 0.2) is 0 Å². The summed E-state index contributed by atoms with van der Waals surface area (Å²) in [7, 11) is 0. The van der Waals surface area contributed by atoms with Crippen LogP contribution in [0.25, 0.3) is 0 Å². The van der Waals surface area contributed by atoms with Gasteiger partial charge >= 0.3 is 0 Å². The van der Waals surface area contributed by atoms with E-state index in [1.165, 1.54) is 36.0 Å². The quantitative estimate of drug-likeness (QED) is 0.290. The van der Waals surface area contributed by atoms with Crippen LogP contribution in [0.1, 0.15) is 60.3 Å². The molecule has 0 aromatic rings. The molecule has 1 aliphatic rings. The fourth-order valence-corrected chi connectivity index (χ4v) is 3.01. The van der Waals surface area contributed by atoms with Crippen LogP contribution in [0.3, 0.4) is 0 Å². The summed E-state index contributed by atoms with van der Waals surface area (Å²) in [4.78, 5) is 11.3. The maximum Gasteiger partial charge on any atom is 0.126 e. The van der Waals surface area contributed by atoms with E-state index in [-0.39, 0.29) is 43.9 Å². The number of carbonyl (C=O) groups is 1. The molecule has 0 unspecified atom stereocenters. The summed E-state index contributed by atoms with van der Waals surface area (Å²) in [6.07, 6.45) is 16.2. The molecular weight excluding hydrogens is 369 g/mol. The zero-order chi connectivity index (χ0) is 17.5. The maximum absolute atomic E-state index is 11.3. The molecule has 0 spiro atoms. The second-order valence-electron chi connectivity index (χ2n) is 7.14. The summed E-state index contributed by atoms with van der Waals surface area (Å²) in [5.41, 5.74) is 5.45. The second-order valence-corrected chi connectivity index (χ2v) is 7.14. The van der Waals surface area contributed by atoms with E-state index in [4.69, 9.17) is 0 Å². The van der Waals surface area contributed by atoms with Crippen LogP contribution in [0.4, 0.5) is 0 Å². The van der Waals surface area contributed by atoms with Crippen molar-refractivity contribution in [3.63, 3.8) is 0 Å². The number of hydrogen-bond donors (Lipinski definition) is 0. The van der Waals surface area contributed by atoms with Crippen molar-refractivity contribution in [1.82, 2.24) is 0 Å². The van der Waals surface area contributed by atoms with Gasteiger partial charge in [0, 0.05) is 32.7 Å². The molecule has 2 heteroatoms. The third-order valence-corrected chi connectivity index (χ3v) is 4.41. The predicted octanol–water partition coefficient (Wildman–Crippen LogP) is 6.31. The maximum atomic E-state index is 11.3. The van der Waals surface area contributed by atoms with E-state index in [0.717, 1.165) is 5.57 Å². The Balaban J connectivity index is 0.00000529. The van der Waals surface area contributed by atoms with Gasteiger partial charge in [-0.15, -0.1) is 6.42 Å². The van der Waals surface area contributed by atoms with E-state index in [0.29, 0.717) is 6.42 Å². The number of hydrogen-bond acceptors (Lipinski definition) is 1. The van der Waals surface area contributed by atoms with Gasteiger partial charge in [-0.3, -0.25) is 4.79 Å². The molecule has 1 nitrogen and oxygen atoms in total. The van der Waals surface area contributed by atoms with E-state index in [9.17, 15) is 4.79 Å². The molecule has 0 N–H and O–H groups in total. The first-order chi connectivity index (χ1) is 10.8. The van der Waals surface area contributed by atoms with Crippen LogP contribution >= 0.6 is 0 Å². The molecule has 0 heterocycles. The summed E-state index contributed by atoms with van der Waals surface area (Å²) < 4.78 is 0. The summed E-state index contributed by atoms with van der Waals surface area (Å²) in [6, 6.07) is 0. The zero-order valence-corrected chi connectivity index (χ0v) is 18.8. The monoisotopic (exact) mass is 400 g/mol. The Hall–Kier alpha value is -0.526. The fourth-order valence-electron chi connectivity index (χ4n) is 3.01. The van der Waals surface area contributed by atoms with Gasteiger partial charge in [-0.2, -0.15) is 0 Å². The van der Waals surface area contributed by atoms with Crippen molar-refractivity contribution in [2.45, 2.75) is 60.3 Å². The van der Waals surface area contributed by atoms with Crippen molar-refractivity contribution in [2.75, 3.05) is 0 Å². The molecule has 1 radical (unpaired) electrons. The van der Waals surface area contributed by atoms with Gasteiger partial charge in [0.2, 0.25) is 0 Å². The Morgan fingerprint density at radius 3 is 2.46 bits per heavy atom. The second kappa shape index (κ2) is 11.2. The Morgan fingerprint density at radius 2 is 1.88 bits per heavy atom. The predicted molar refractivity (Wildman–Crippen MR) is 101 cm³/mol. The minimum absolute atomic E-state index is 0. The Bertz CT molecular complexity index is 583. The zero-order valence-electron chi connectivity index (χ0n) is 16.0. The number of carbonyl (C=O) groups excluding carboxylic acids is 1. The Labute approximate surface area is 173 Å². The first-order valence-electron chi connectivity index (χ1n) is 8.50. The van der Waals surface area contributed by atoms with Crippen molar-refractivity contribution < 1.29 is 37.5 Å². The van der Waals surface area contributed by atoms with Gasteiger partial charge in [-0.05, 0) is 62.7 Å². The molecule has 1 rings (SSSR count). The Kier molecular flexibility index (Phi) is 10.9. The number of allylic oxidation sites excluding steroid dienone is 10. The van der Waals surface area contributed by atoms with E-state index >= 15 is 0 Å². The van der Waals surface area contributed by atoms with Gasteiger partial charge in [0.05, 0.1) is 0 Å². The van der Waals surface area contributed by atoms with Crippen LogP contribution in [0.15, 0.2) is 58.7 Å². The molecule has 1 aliphatic carbocycles. The van der Waals surface area contributed by atoms with Gasteiger partial charge in [-0.1, -0.05) is 55.4 Å². The standard InChI is InChI=1S/C22H31O.Y/c1-7-20(23)16-18(3)11-8-10-17(2)13-14-21-19(4)12-9-15-22(21,5)6;/h8,10-11,13-14,16H,1,7,9,12,15H2,2-6H3;/q-1;/b11-8+,14-13+,17-10+,18-16+;. The molecule has 24 heavy (non-hydrogen) atoms. The van der Waals surface area contributed by atoms with Gasteiger partial charge < -0.3 is 6.92 Å². The summed E-state index contributed by atoms with van der Waals surface area (Å²) in [5.74, 6) is 0.0645. The SMILES string of the molecule is [CH2-]CC(=O)/C=C(C)/C=C/C=C(C)/C=C/C1=C(C)CCCC1(C)C.[Y]. The normalized spacial score (nSPS) is 19.1. The molecule has 0 saturated carbocycles. The minimum Gasteiger partial charge on any atom is -0.336 e. The van der Waals surface area contributed by atoms with Crippen LogP contribution < -0.4 is 0 Å². The molecule has 0 bridgehead atoms. The number of rotatable bonds is 6. The molecule has 0 aromatic heterocycles. The van der Waals surface area contributed by atoms with E-state index < -0.39 is 0 Å². The molecular formula is C22H31OY-. The molecule has 0 fully saturated rings. The van der Waals surface area contributed by atoms with Crippen molar-refractivity contribution >= 4 is 5.78 Å². The van der Waals surface area contributed by atoms with E-state index in [2.05, 4.69) is 52.8 Å². The first kappa shape index (κ1) is 23.5. The molecule has 0 saturated heterocycles. The third-order valence-electron chi connectivity index (χ3n) is 4.41. The van der Waals surface area contributed by atoms with Crippen LogP contribution in [0.2, 0.25) is 0 Å². The fraction of sp³-hybridized carbons (Fsp3) is 0.455. The van der Waals surface area contributed by atoms with Crippen LogP contribution in [0, 0.1) is 12.3 Å². The van der Waals surface area contributed by atoms with E-state index in [1.807, 2.05) is 19.1 Å². The molecule has 0 amide bonds. The molecule has 0 aliphatic heterocycles. The first-order valence-corrected chi connectivity index (χ1v) is 8.50. The van der Waals surface area contributed by atoms with Gasteiger partial charge in [0.1, 0.15) is 5.78 Å². The average Bonchev–Trinajstić information content (AvgIpc) is 2.45. The smallest absolute Gasteiger partial charge is 0.126 e. The van der Waals surface area contributed by atoms with Crippen molar-refractivity contribution in [1.29, 1.82) is 0 Å². The molecule has 129 valence electrons. The third kappa shape index (κ3) is 8.03. The van der Waals surface area contributed by atoms with Crippen LogP contribution in [-0.4, -0.2) is 5.78 Å². The van der Waals surface area contributed by atoms with Crippen LogP contribution in [0.5, 0.6) is 0 Å². The van der Waals surface area contributed by atoms with Crippen molar-refractivity contribution in [3.8, 4) is 0 Å².